The highest BCUT2D eigenvalue weighted by atomic mass is 35.5. The van der Waals surface area contributed by atoms with Crippen molar-refractivity contribution in [3.63, 3.8) is 0 Å². The molecule has 2 rings (SSSR count). The minimum atomic E-state index is 0. The van der Waals surface area contributed by atoms with Gasteiger partial charge in [-0.3, -0.25) is 9.69 Å². The van der Waals surface area contributed by atoms with Crippen LogP contribution in [0.15, 0.2) is 24.3 Å². The quantitative estimate of drug-likeness (QED) is 0.748. The number of benzene rings is 1. The van der Waals surface area contributed by atoms with Crippen LogP contribution in [-0.2, 0) is 22.7 Å². The molecule has 2 N–H and O–H groups in total. The van der Waals surface area contributed by atoms with Gasteiger partial charge >= 0.3 is 0 Å². The van der Waals surface area contributed by atoms with E-state index in [1.807, 2.05) is 26.1 Å². The van der Waals surface area contributed by atoms with Crippen LogP contribution in [0.3, 0.4) is 0 Å². The molecule has 0 bridgehead atoms. The number of amides is 1. The molecule has 0 radical (unpaired) electrons. The second-order valence-electron chi connectivity index (χ2n) is 6.09. The molecule has 136 valence electrons. The van der Waals surface area contributed by atoms with Crippen LogP contribution < -0.4 is 10.6 Å². The van der Waals surface area contributed by atoms with Crippen molar-refractivity contribution in [2.75, 3.05) is 33.3 Å². The van der Waals surface area contributed by atoms with Gasteiger partial charge in [0.05, 0.1) is 13.2 Å². The average Bonchev–Trinajstić information content (AvgIpc) is 2.59. The number of piperidine rings is 1. The maximum Gasteiger partial charge on any atom is 0.234 e. The van der Waals surface area contributed by atoms with E-state index in [-0.39, 0.29) is 18.3 Å². The Bertz CT molecular complexity index is 482. The Balaban J connectivity index is 0.00000288. The van der Waals surface area contributed by atoms with E-state index in [0.717, 1.165) is 37.2 Å². The average molecular weight is 356 g/mol. The summed E-state index contributed by atoms with van der Waals surface area (Å²) < 4.78 is 5.38. The van der Waals surface area contributed by atoms with Crippen LogP contribution in [0.4, 0.5) is 0 Å². The van der Waals surface area contributed by atoms with E-state index in [4.69, 9.17) is 4.74 Å². The molecule has 1 aliphatic heterocycles. The Morgan fingerprint density at radius 2 is 2.00 bits per heavy atom. The van der Waals surface area contributed by atoms with E-state index >= 15 is 0 Å². The molecular formula is C18H30ClN3O2. The maximum atomic E-state index is 12.1. The van der Waals surface area contributed by atoms with Crippen molar-refractivity contribution in [3.8, 4) is 0 Å². The molecule has 0 aliphatic carbocycles. The number of hydrogen-bond donors (Lipinski definition) is 2. The number of carbonyl (C=O) groups excluding carboxylic acids is 1. The SMILES string of the molecule is CCOCc1ccc(CNC(=O)CN2CCCC(NC)C2)cc1.Cl. The lowest BCUT2D eigenvalue weighted by atomic mass is 10.1. The van der Waals surface area contributed by atoms with Crippen molar-refractivity contribution in [1.29, 1.82) is 0 Å². The Kier molecular flexibility index (Phi) is 9.95. The van der Waals surface area contributed by atoms with Gasteiger partial charge in [-0.25, -0.2) is 0 Å². The highest BCUT2D eigenvalue weighted by Gasteiger charge is 2.19. The van der Waals surface area contributed by atoms with Crippen LogP contribution in [0.5, 0.6) is 0 Å². The normalized spacial score (nSPS) is 18.0. The van der Waals surface area contributed by atoms with Crippen molar-refractivity contribution >= 4 is 18.3 Å². The van der Waals surface area contributed by atoms with Crippen molar-refractivity contribution in [1.82, 2.24) is 15.5 Å². The van der Waals surface area contributed by atoms with E-state index in [2.05, 4.69) is 27.7 Å². The summed E-state index contributed by atoms with van der Waals surface area (Å²) >= 11 is 0. The number of likely N-dealkylation sites (tertiary alicyclic amines) is 1. The maximum absolute atomic E-state index is 12.1. The number of nitrogens with one attached hydrogen (secondary N) is 2. The van der Waals surface area contributed by atoms with Gasteiger partial charge in [0.15, 0.2) is 0 Å². The molecular weight excluding hydrogens is 326 g/mol. The third-order valence-electron chi connectivity index (χ3n) is 4.27. The van der Waals surface area contributed by atoms with Crippen molar-refractivity contribution in [2.45, 2.75) is 39.0 Å². The molecule has 1 amide bonds. The number of nitrogens with zero attached hydrogens (tertiary/aromatic N) is 1. The summed E-state index contributed by atoms with van der Waals surface area (Å²) in [4.78, 5) is 14.3. The Morgan fingerprint density at radius 1 is 1.29 bits per heavy atom. The van der Waals surface area contributed by atoms with E-state index in [9.17, 15) is 4.79 Å². The highest BCUT2D eigenvalue weighted by Crippen LogP contribution is 2.09. The van der Waals surface area contributed by atoms with Crippen molar-refractivity contribution < 1.29 is 9.53 Å². The van der Waals surface area contributed by atoms with Crippen molar-refractivity contribution in [2.24, 2.45) is 0 Å². The molecule has 1 aromatic rings. The van der Waals surface area contributed by atoms with E-state index in [0.29, 0.717) is 25.7 Å². The first-order valence-corrected chi connectivity index (χ1v) is 8.53. The first-order valence-electron chi connectivity index (χ1n) is 8.53. The monoisotopic (exact) mass is 355 g/mol. The van der Waals surface area contributed by atoms with Gasteiger partial charge in [-0.05, 0) is 44.5 Å². The largest absolute Gasteiger partial charge is 0.377 e. The van der Waals surface area contributed by atoms with E-state index in [1.54, 1.807) is 0 Å². The first-order chi connectivity index (χ1) is 11.2. The minimum absolute atomic E-state index is 0. The molecule has 5 nitrogen and oxygen atoms in total. The zero-order chi connectivity index (χ0) is 16.5. The van der Waals surface area contributed by atoms with Gasteiger partial charge in [0.25, 0.3) is 0 Å². The third kappa shape index (κ3) is 7.18. The highest BCUT2D eigenvalue weighted by molar-refractivity contribution is 5.85. The fourth-order valence-electron chi connectivity index (χ4n) is 2.87. The van der Waals surface area contributed by atoms with Crippen LogP contribution in [0.1, 0.15) is 30.9 Å². The number of hydrogen-bond acceptors (Lipinski definition) is 4. The minimum Gasteiger partial charge on any atom is -0.377 e. The number of halogens is 1. The number of ether oxygens (including phenoxy) is 1. The molecule has 1 atom stereocenters. The fourth-order valence-corrected chi connectivity index (χ4v) is 2.87. The van der Waals surface area contributed by atoms with Gasteiger partial charge in [-0.15, -0.1) is 12.4 Å². The lowest BCUT2D eigenvalue weighted by Crippen LogP contribution is -2.47. The second kappa shape index (κ2) is 11.4. The second-order valence-corrected chi connectivity index (χ2v) is 6.09. The predicted octanol–water partition coefficient (Wildman–Crippen LogP) is 1.94. The molecule has 1 aliphatic rings. The summed E-state index contributed by atoms with van der Waals surface area (Å²) in [6.07, 6.45) is 2.35. The third-order valence-corrected chi connectivity index (χ3v) is 4.27. The number of likely N-dealkylation sites (N-methyl/N-ethyl adjacent to an activating group) is 1. The molecule has 1 saturated heterocycles. The fraction of sp³-hybridized carbons (Fsp3) is 0.611. The Morgan fingerprint density at radius 3 is 2.67 bits per heavy atom. The molecule has 1 fully saturated rings. The summed E-state index contributed by atoms with van der Waals surface area (Å²) in [5.41, 5.74) is 2.28. The summed E-state index contributed by atoms with van der Waals surface area (Å²) in [6.45, 7) is 6.39. The van der Waals surface area contributed by atoms with Crippen LogP contribution in [0.25, 0.3) is 0 Å². The van der Waals surface area contributed by atoms with Gasteiger partial charge in [-0.2, -0.15) is 0 Å². The molecule has 1 unspecified atom stereocenters. The molecule has 24 heavy (non-hydrogen) atoms. The summed E-state index contributed by atoms with van der Waals surface area (Å²) in [5, 5.41) is 6.31. The van der Waals surface area contributed by atoms with E-state index < -0.39 is 0 Å². The van der Waals surface area contributed by atoms with E-state index in [1.165, 1.54) is 6.42 Å². The predicted molar refractivity (Wildman–Crippen MR) is 99.4 cm³/mol. The lowest BCUT2D eigenvalue weighted by molar-refractivity contribution is -0.122. The molecule has 1 aromatic carbocycles. The first kappa shape index (κ1) is 20.9. The van der Waals surface area contributed by atoms with Crippen LogP contribution in [-0.4, -0.2) is 50.1 Å². The molecule has 1 heterocycles. The van der Waals surface area contributed by atoms with Gasteiger partial charge in [0.2, 0.25) is 5.91 Å². The van der Waals surface area contributed by atoms with Crippen LogP contribution in [0, 0.1) is 0 Å². The van der Waals surface area contributed by atoms with Gasteiger partial charge in [0, 0.05) is 25.7 Å². The zero-order valence-corrected chi connectivity index (χ0v) is 15.5. The van der Waals surface area contributed by atoms with Gasteiger partial charge in [0.1, 0.15) is 0 Å². The zero-order valence-electron chi connectivity index (χ0n) is 14.7. The topological polar surface area (TPSA) is 53.6 Å². The van der Waals surface area contributed by atoms with Crippen LogP contribution >= 0.6 is 12.4 Å². The standard InChI is InChI=1S/C18H29N3O2.ClH/c1-3-23-14-16-8-6-15(7-9-16)11-20-18(22)13-21-10-4-5-17(12-21)19-2;/h6-9,17,19H,3-5,10-14H2,1-2H3,(H,20,22);1H. The number of carbonyl (C=O) groups is 1. The van der Waals surface area contributed by atoms with Crippen molar-refractivity contribution in [3.05, 3.63) is 35.4 Å². The Hall–Kier alpha value is -1.14. The molecule has 0 saturated carbocycles. The summed E-state index contributed by atoms with van der Waals surface area (Å²) in [7, 11) is 1.99. The Labute approximate surface area is 151 Å². The smallest absolute Gasteiger partial charge is 0.234 e. The summed E-state index contributed by atoms with van der Waals surface area (Å²) in [6, 6.07) is 8.71. The molecule has 6 heteroatoms. The lowest BCUT2D eigenvalue weighted by Gasteiger charge is -2.31. The summed E-state index contributed by atoms with van der Waals surface area (Å²) in [5.74, 6) is 0.0974. The molecule has 0 aromatic heterocycles. The number of rotatable bonds is 8. The van der Waals surface area contributed by atoms with Gasteiger partial charge in [-0.1, -0.05) is 24.3 Å². The van der Waals surface area contributed by atoms with Crippen LogP contribution in [0.2, 0.25) is 0 Å². The molecule has 0 spiro atoms. The van der Waals surface area contributed by atoms with Gasteiger partial charge < -0.3 is 15.4 Å².